The second kappa shape index (κ2) is 8.36. The number of hydrogen-bond donors (Lipinski definition) is 2. The molecule has 0 aliphatic carbocycles. The van der Waals surface area contributed by atoms with E-state index >= 15 is 0 Å². The highest BCUT2D eigenvalue weighted by molar-refractivity contribution is 7.80. The Morgan fingerprint density at radius 3 is 2.61 bits per heavy atom. The van der Waals surface area contributed by atoms with Gasteiger partial charge in [-0.05, 0) is 42.5 Å². The van der Waals surface area contributed by atoms with Crippen molar-refractivity contribution >= 4 is 40.8 Å². The highest BCUT2D eigenvalue weighted by atomic mass is 35.5. The second-order valence-electron chi connectivity index (χ2n) is 4.41. The van der Waals surface area contributed by atoms with E-state index in [-0.39, 0.29) is 0 Å². The van der Waals surface area contributed by atoms with E-state index < -0.39 is 0 Å². The minimum Gasteiger partial charge on any atom is -0.496 e. The molecule has 0 fully saturated rings. The predicted molar refractivity (Wildman–Crippen MR) is 97.9 cm³/mol. The Kier molecular flexibility index (Phi) is 6.19. The van der Waals surface area contributed by atoms with Crippen LogP contribution in [-0.4, -0.2) is 25.5 Å². The summed E-state index contributed by atoms with van der Waals surface area (Å²) in [5, 5.41) is 7.97. The molecule has 0 aliphatic heterocycles. The Morgan fingerprint density at radius 1 is 1.13 bits per heavy atom. The van der Waals surface area contributed by atoms with Crippen molar-refractivity contribution in [3.63, 3.8) is 0 Å². The van der Waals surface area contributed by atoms with Crippen LogP contribution in [0.3, 0.4) is 0 Å². The fraction of sp³-hybridized carbons (Fsp3) is 0.125. The summed E-state index contributed by atoms with van der Waals surface area (Å²) in [7, 11) is 3.18. The smallest absolute Gasteiger partial charge is 0.191 e. The van der Waals surface area contributed by atoms with Crippen molar-refractivity contribution in [3.05, 3.63) is 53.1 Å². The molecule has 2 N–H and O–H groups in total. The van der Waals surface area contributed by atoms with Gasteiger partial charge in [-0.3, -0.25) is 5.43 Å². The third-order valence-electron chi connectivity index (χ3n) is 2.92. The molecule has 0 saturated heterocycles. The van der Waals surface area contributed by atoms with E-state index in [1.807, 2.05) is 24.3 Å². The van der Waals surface area contributed by atoms with Crippen molar-refractivity contribution in [2.45, 2.75) is 0 Å². The topological polar surface area (TPSA) is 54.9 Å². The Hall–Kier alpha value is -2.31. The van der Waals surface area contributed by atoms with Gasteiger partial charge in [0.25, 0.3) is 0 Å². The first-order valence-electron chi connectivity index (χ1n) is 6.70. The molecule has 23 heavy (non-hydrogen) atoms. The number of nitrogens with one attached hydrogen (secondary N) is 2. The van der Waals surface area contributed by atoms with Crippen LogP contribution in [0.25, 0.3) is 0 Å². The number of nitrogens with zero attached hydrogens (tertiary/aromatic N) is 1. The van der Waals surface area contributed by atoms with Crippen molar-refractivity contribution in [1.29, 1.82) is 0 Å². The number of rotatable bonds is 5. The summed E-state index contributed by atoms with van der Waals surface area (Å²) in [6.07, 6.45) is 1.63. The van der Waals surface area contributed by atoms with Crippen molar-refractivity contribution in [2.24, 2.45) is 5.10 Å². The molecule has 0 atom stereocenters. The van der Waals surface area contributed by atoms with E-state index in [0.29, 0.717) is 21.6 Å². The van der Waals surface area contributed by atoms with E-state index in [2.05, 4.69) is 15.8 Å². The number of benzene rings is 2. The Labute approximate surface area is 145 Å². The fourth-order valence-electron chi connectivity index (χ4n) is 1.86. The maximum absolute atomic E-state index is 5.97. The summed E-state index contributed by atoms with van der Waals surface area (Å²) in [5.74, 6) is 1.36. The van der Waals surface area contributed by atoms with Crippen molar-refractivity contribution in [2.75, 3.05) is 19.5 Å². The SMILES string of the molecule is COc1ccccc1/C=N/NC(=S)Nc1cc(Cl)ccc1OC. The molecule has 2 rings (SSSR count). The van der Waals surface area contributed by atoms with Gasteiger partial charge < -0.3 is 14.8 Å². The van der Waals surface area contributed by atoms with Crippen LogP contribution in [-0.2, 0) is 0 Å². The summed E-state index contributed by atoms with van der Waals surface area (Å²) in [5.41, 5.74) is 4.23. The average molecular weight is 350 g/mol. The lowest BCUT2D eigenvalue weighted by molar-refractivity contribution is 0.414. The minimum absolute atomic E-state index is 0.316. The van der Waals surface area contributed by atoms with Gasteiger partial charge in [0.1, 0.15) is 11.5 Å². The van der Waals surface area contributed by atoms with E-state index in [1.165, 1.54) is 0 Å². The largest absolute Gasteiger partial charge is 0.496 e. The molecule has 120 valence electrons. The number of methoxy groups -OCH3 is 2. The van der Waals surface area contributed by atoms with Gasteiger partial charge in [-0.2, -0.15) is 5.10 Å². The number of anilines is 1. The molecule has 7 heteroatoms. The predicted octanol–water partition coefficient (Wildman–Crippen LogP) is 3.68. The van der Waals surface area contributed by atoms with Crippen LogP contribution in [0.15, 0.2) is 47.6 Å². The fourth-order valence-corrected chi connectivity index (χ4v) is 2.20. The lowest BCUT2D eigenvalue weighted by atomic mass is 10.2. The molecular weight excluding hydrogens is 334 g/mol. The molecule has 0 unspecified atom stereocenters. The first kappa shape index (κ1) is 17.1. The normalized spacial score (nSPS) is 10.4. The molecule has 0 aromatic heterocycles. The Balaban J connectivity index is 2.00. The van der Waals surface area contributed by atoms with E-state index in [0.717, 1.165) is 11.3 Å². The van der Waals surface area contributed by atoms with Crippen LogP contribution in [0.5, 0.6) is 11.5 Å². The number of halogens is 1. The van der Waals surface area contributed by atoms with E-state index in [4.69, 9.17) is 33.3 Å². The van der Waals surface area contributed by atoms with Gasteiger partial charge in [-0.1, -0.05) is 23.7 Å². The lowest BCUT2D eigenvalue weighted by Gasteiger charge is -2.11. The molecule has 0 bridgehead atoms. The van der Waals surface area contributed by atoms with Crippen LogP contribution < -0.4 is 20.2 Å². The zero-order valence-electron chi connectivity index (χ0n) is 12.7. The van der Waals surface area contributed by atoms with Crippen molar-refractivity contribution in [1.82, 2.24) is 5.43 Å². The van der Waals surface area contributed by atoms with Gasteiger partial charge in [0.05, 0.1) is 26.1 Å². The molecule has 5 nitrogen and oxygen atoms in total. The molecule has 0 amide bonds. The zero-order chi connectivity index (χ0) is 16.7. The monoisotopic (exact) mass is 349 g/mol. The quantitative estimate of drug-likeness (QED) is 0.490. The molecule has 0 saturated carbocycles. The molecular formula is C16H16ClN3O2S. The van der Waals surface area contributed by atoms with Crippen LogP contribution in [0, 0.1) is 0 Å². The van der Waals surface area contributed by atoms with Gasteiger partial charge in [-0.25, -0.2) is 0 Å². The molecule has 2 aromatic carbocycles. The average Bonchev–Trinajstić information content (AvgIpc) is 2.55. The van der Waals surface area contributed by atoms with Crippen LogP contribution in [0.4, 0.5) is 5.69 Å². The van der Waals surface area contributed by atoms with Crippen LogP contribution in [0.1, 0.15) is 5.56 Å². The number of hydrogen-bond acceptors (Lipinski definition) is 4. The summed E-state index contributed by atoms with van der Waals surface area (Å²) in [6, 6.07) is 12.7. The first-order chi connectivity index (χ1) is 11.1. The zero-order valence-corrected chi connectivity index (χ0v) is 14.2. The standard InChI is InChI=1S/C16H16ClN3O2S/c1-21-14-6-4-3-5-11(14)10-18-20-16(23)19-13-9-12(17)7-8-15(13)22-2/h3-10H,1-2H3,(H2,19,20,23)/b18-10+. The van der Waals surface area contributed by atoms with Gasteiger partial charge >= 0.3 is 0 Å². The summed E-state index contributed by atoms with van der Waals surface area (Å²) >= 11 is 11.2. The molecule has 0 heterocycles. The highest BCUT2D eigenvalue weighted by Crippen LogP contribution is 2.27. The Morgan fingerprint density at radius 2 is 1.87 bits per heavy atom. The number of hydrazone groups is 1. The third-order valence-corrected chi connectivity index (χ3v) is 3.35. The highest BCUT2D eigenvalue weighted by Gasteiger charge is 2.05. The minimum atomic E-state index is 0.316. The van der Waals surface area contributed by atoms with E-state index in [9.17, 15) is 0 Å². The van der Waals surface area contributed by atoms with Crippen LogP contribution in [0.2, 0.25) is 5.02 Å². The number of ether oxygens (including phenoxy) is 2. The number of thiocarbonyl (C=S) groups is 1. The summed E-state index contributed by atoms with van der Waals surface area (Å²) in [6.45, 7) is 0. The summed E-state index contributed by atoms with van der Waals surface area (Å²) < 4.78 is 10.5. The first-order valence-corrected chi connectivity index (χ1v) is 7.49. The van der Waals surface area contributed by atoms with Gasteiger partial charge in [0, 0.05) is 10.6 Å². The molecule has 0 spiro atoms. The maximum Gasteiger partial charge on any atom is 0.191 e. The number of para-hydroxylation sites is 1. The molecule has 0 radical (unpaired) electrons. The van der Waals surface area contributed by atoms with Crippen molar-refractivity contribution < 1.29 is 9.47 Å². The summed E-state index contributed by atoms with van der Waals surface area (Å²) in [4.78, 5) is 0. The van der Waals surface area contributed by atoms with Gasteiger partial charge in [-0.15, -0.1) is 0 Å². The Bertz CT molecular complexity index is 722. The van der Waals surface area contributed by atoms with E-state index in [1.54, 1.807) is 38.6 Å². The molecule has 2 aromatic rings. The van der Waals surface area contributed by atoms with Crippen LogP contribution >= 0.6 is 23.8 Å². The second-order valence-corrected chi connectivity index (χ2v) is 5.26. The van der Waals surface area contributed by atoms with Gasteiger partial charge in [0.2, 0.25) is 0 Å². The lowest BCUT2D eigenvalue weighted by Crippen LogP contribution is -2.24. The maximum atomic E-state index is 5.97. The van der Waals surface area contributed by atoms with Crippen molar-refractivity contribution in [3.8, 4) is 11.5 Å². The third kappa shape index (κ3) is 4.84. The van der Waals surface area contributed by atoms with Gasteiger partial charge in [0.15, 0.2) is 5.11 Å². The molecule has 0 aliphatic rings.